The number of aliphatic carboxylic acids is 2. The Bertz CT molecular complexity index is 760. The lowest BCUT2D eigenvalue weighted by molar-refractivity contribution is -0.134. The fourth-order valence-electron chi connectivity index (χ4n) is 2.59. The SMILES string of the molecule is CCN1CC(c2ccccc2)Sc2ccccc21.O=C(O)/C=C/C(=O)O. The first kappa shape index (κ1) is 19.6. The molecule has 0 radical (unpaired) electrons. The molecule has 2 N–H and O–H groups in total. The molecule has 6 heteroatoms. The molecule has 0 saturated carbocycles. The van der Waals surface area contributed by atoms with Crippen molar-refractivity contribution in [3.63, 3.8) is 0 Å². The number of carboxylic acids is 2. The number of carbonyl (C=O) groups is 2. The zero-order valence-electron chi connectivity index (χ0n) is 14.4. The van der Waals surface area contributed by atoms with Gasteiger partial charge in [-0.25, -0.2) is 9.59 Å². The van der Waals surface area contributed by atoms with Gasteiger partial charge < -0.3 is 15.1 Å². The molecule has 0 aromatic heterocycles. The van der Waals surface area contributed by atoms with Crippen molar-refractivity contribution in [1.29, 1.82) is 0 Å². The zero-order chi connectivity index (χ0) is 18.9. The number of benzene rings is 2. The largest absolute Gasteiger partial charge is 0.478 e. The van der Waals surface area contributed by atoms with E-state index in [1.165, 1.54) is 16.1 Å². The van der Waals surface area contributed by atoms with Crippen LogP contribution in [0.15, 0.2) is 71.6 Å². The molecule has 1 unspecified atom stereocenters. The number of fused-ring (bicyclic) bond motifs is 1. The fraction of sp³-hybridized carbons (Fsp3) is 0.200. The van der Waals surface area contributed by atoms with Gasteiger partial charge in [-0.3, -0.25) is 0 Å². The molecule has 1 heterocycles. The summed E-state index contributed by atoms with van der Waals surface area (Å²) in [7, 11) is 0. The van der Waals surface area contributed by atoms with Gasteiger partial charge in [0.05, 0.1) is 10.9 Å². The van der Waals surface area contributed by atoms with Crippen LogP contribution in [0.1, 0.15) is 17.7 Å². The molecule has 0 fully saturated rings. The van der Waals surface area contributed by atoms with Crippen molar-refractivity contribution in [2.45, 2.75) is 17.1 Å². The van der Waals surface area contributed by atoms with Gasteiger partial charge in [0.25, 0.3) is 0 Å². The lowest BCUT2D eigenvalue weighted by Crippen LogP contribution is -2.30. The van der Waals surface area contributed by atoms with Crippen molar-refractivity contribution in [2.75, 3.05) is 18.0 Å². The molecule has 0 spiro atoms. The van der Waals surface area contributed by atoms with Crippen molar-refractivity contribution >= 4 is 29.4 Å². The third-order valence-corrected chi connectivity index (χ3v) is 5.09. The highest BCUT2D eigenvalue weighted by molar-refractivity contribution is 7.99. The number of rotatable bonds is 4. The second-order valence-corrected chi connectivity index (χ2v) is 6.78. The summed E-state index contributed by atoms with van der Waals surface area (Å²) in [6, 6.07) is 19.5. The first-order valence-electron chi connectivity index (χ1n) is 8.20. The quantitative estimate of drug-likeness (QED) is 0.789. The van der Waals surface area contributed by atoms with E-state index in [1.807, 2.05) is 11.8 Å². The summed E-state index contributed by atoms with van der Waals surface area (Å²) in [5.74, 6) is -2.51. The first-order valence-corrected chi connectivity index (χ1v) is 9.08. The summed E-state index contributed by atoms with van der Waals surface area (Å²) < 4.78 is 0. The van der Waals surface area contributed by atoms with E-state index < -0.39 is 11.9 Å². The minimum atomic E-state index is -1.26. The van der Waals surface area contributed by atoms with E-state index in [2.05, 4.69) is 66.4 Å². The van der Waals surface area contributed by atoms with Gasteiger partial charge in [0.1, 0.15) is 0 Å². The standard InChI is InChI=1S/C16H17NS.C4H4O4/c1-2-17-12-16(13-8-4-3-5-9-13)18-15-11-7-6-10-14(15)17;5-3(6)1-2-4(7)8/h3-11,16H,2,12H2,1H3;1-2H,(H,5,6)(H,7,8)/b;2-1+. The smallest absolute Gasteiger partial charge is 0.328 e. The van der Waals surface area contributed by atoms with Crippen molar-refractivity contribution < 1.29 is 19.8 Å². The highest BCUT2D eigenvalue weighted by Gasteiger charge is 2.24. The predicted octanol–water partition coefficient (Wildman–Crippen LogP) is 4.07. The number of anilines is 1. The maximum Gasteiger partial charge on any atom is 0.328 e. The number of likely N-dealkylation sites (N-methyl/N-ethyl adjacent to an activating group) is 1. The molecule has 0 bridgehead atoms. The van der Waals surface area contributed by atoms with Crippen LogP contribution in [0.2, 0.25) is 0 Å². The minimum Gasteiger partial charge on any atom is -0.478 e. The molecular weight excluding hydrogens is 350 g/mol. The second kappa shape index (κ2) is 9.68. The molecule has 5 nitrogen and oxygen atoms in total. The summed E-state index contributed by atoms with van der Waals surface area (Å²) >= 11 is 1.99. The first-order chi connectivity index (χ1) is 12.5. The molecule has 1 aliphatic heterocycles. The molecule has 2 aromatic carbocycles. The predicted molar refractivity (Wildman–Crippen MR) is 104 cm³/mol. The van der Waals surface area contributed by atoms with Crippen LogP contribution < -0.4 is 4.90 Å². The van der Waals surface area contributed by atoms with E-state index in [-0.39, 0.29) is 0 Å². The summed E-state index contributed by atoms with van der Waals surface area (Å²) in [6.07, 6.45) is 1.12. The van der Waals surface area contributed by atoms with Crippen LogP contribution in [0, 0.1) is 0 Å². The zero-order valence-corrected chi connectivity index (χ0v) is 15.2. The fourth-order valence-corrected chi connectivity index (χ4v) is 3.92. The summed E-state index contributed by atoms with van der Waals surface area (Å²) in [6.45, 7) is 4.40. The summed E-state index contributed by atoms with van der Waals surface area (Å²) in [4.78, 5) is 23.0. The van der Waals surface area contributed by atoms with Gasteiger partial charge in [-0.2, -0.15) is 0 Å². The van der Waals surface area contributed by atoms with Crippen molar-refractivity contribution in [2.24, 2.45) is 0 Å². The highest BCUT2D eigenvalue weighted by atomic mass is 32.2. The number of hydrogen-bond donors (Lipinski definition) is 2. The Labute approximate surface area is 157 Å². The van der Waals surface area contributed by atoms with E-state index in [9.17, 15) is 9.59 Å². The maximum absolute atomic E-state index is 9.55. The lowest BCUT2D eigenvalue weighted by atomic mass is 10.1. The Morgan fingerprint density at radius 2 is 1.62 bits per heavy atom. The number of hydrogen-bond acceptors (Lipinski definition) is 4. The summed E-state index contributed by atoms with van der Waals surface area (Å²) in [5, 5.41) is 16.2. The molecule has 1 atom stereocenters. The minimum absolute atomic E-state index is 0.543. The normalized spacial score (nSPS) is 15.7. The van der Waals surface area contributed by atoms with Crippen LogP contribution in [-0.2, 0) is 9.59 Å². The van der Waals surface area contributed by atoms with Gasteiger partial charge in [-0.1, -0.05) is 42.5 Å². The average molecular weight is 371 g/mol. The van der Waals surface area contributed by atoms with E-state index in [0.717, 1.165) is 13.1 Å². The molecule has 0 saturated heterocycles. The van der Waals surface area contributed by atoms with E-state index in [1.54, 1.807) is 0 Å². The van der Waals surface area contributed by atoms with Gasteiger partial charge in [-0.05, 0) is 24.6 Å². The van der Waals surface area contributed by atoms with Gasteiger partial charge in [0.2, 0.25) is 0 Å². The van der Waals surface area contributed by atoms with Gasteiger partial charge >= 0.3 is 11.9 Å². The van der Waals surface area contributed by atoms with Gasteiger partial charge in [0, 0.05) is 30.1 Å². The molecule has 136 valence electrons. The lowest BCUT2D eigenvalue weighted by Gasteiger charge is -2.35. The average Bonchev–Trinajstić information content (AvgIpc) is 2.66. The third kappa shape index (κ3) is 5.67. The van der Waals surface area contributed by atoms with Crippen LogP contribution >= 0.6 is 11.8 Å². The Balaban J connectivity index is 0.000000260. The second-order valence-electron chi connectivity index (χ2n) is 5.53. The van der Waals surface area contributed by atoms with Crippen LogP contribution in [0.3, 0.4) is 0 Å². The van der Waals surface area contributed by atoms with Crippen molar-refractivity contribution in [3.8, 4) is 0 Å². The van der Waals surface area contributed by atoms with Gasteiger partial charge in [0.15, 0.2) is 0 Å². The number of thioether (sulfide) groups is 1. The molecule has 0 aliphatic carbocycles. The maximum atomic E-state index is 9.55. The number of nitrogens with zero attached hydrogens (tertiary/aromatic N) is 1. The molecule has 26 heavy (non-hydrogen) atoms. The monoisotopic (exact) mass is 371 g/mol. The van der Waals surface area contributed by atoms with Crippen LogP contribution in [0.5, 0.6) is 0 Å². The molecule has 1 aliphatic rings. The van der Waals surface area contributed by atoms with Crippen LogP contribution in [-0.4, -0.2) is 35.2 Å². The Hall–Kier alpha value is -2.73. The van der Waals surface area contributed by atoms with E-state index >= 15 is 0 Å². The summed E-state index contributed by atoms with van der Waals surface area (Å²) in [5.41, 5.74) is 2.81. The number of para-hydroxylation sites is 1. The Morgan fingerprint density at radius 3 is 2.19 bits per heavy atom. The Morgan fingerprint density at radius 1 is 1.04 bits per heavy atom. The third-order valence-electron chi connectivity index (χ3n) is 3.78. The molecular formula is C20H21NO4S. The van der Waals surface area contributed by atoms with Crippen molar-refractivity contribution in [3.05, 3.63) is 72.3 Å². The van der Waals surface area contributed by atoms with Crippen LogP contribution in [0.25, 0.3) is 0 Å². The molecule has 2 aromatic rings. The highest BCUT2D eigenvalue weighted by Crippen LogP contribution is 2.45. The van der Waals surface area contributed by atoms with E-state index in [4.69, 9.17) is 10.2 Å². The van der Waals surface area contributed by atoms with E-state index in [0.29, 0.717) is 17.4 Å². The van der Waals surface area contributed by atoms with Crippen LogP contribution in [0.4, 0.5) is 5.69 Å². The van der Waals surface area contributed by atoms with Gasteiger partial charge in [-0.15, -0.1) is 11.8 Å². The number of carboxylic acid groups (broad SMARTS) is 2. The van der Waals surface area contributed by atoms with Crippen molar-refractivity contribution in [1.82, 2.24) is 0 Å². The molecule has 0 amide bonds. The topological polar surface area (TPSA) is 77.8 Å². The molecule has 3 rings (SSSR count). The Kier molecular flexibility index (Phi) is 7.29.